The zero-order chi connectivity index (χ0) is 14.5. The Morgan fingerprint density at radius 3 is 2.90 bits per heavy atom. The van der Waals surface area contributed by atoms with E-state index in [0.717, 1.165) is 25.7 Å². The number of amides is 1. The van der Waals surface area contributed by atoms with Crippen LogP contribution in [0.2, 0.25) is 5.02 Å². The number of hydrogen-bond acceptors (Lipinski definition) is 3. The summed E-state index contributed by atoms with van der Waals surface area (Å²) in [7, 11) is 0. The van der Waals surface area contributed by atoms with Gasteiger partial charge in [0.05, 0.1) is 10.6 Å². The highest BCUT2D eigenvalue weighted by Gasteiger charge is 2.28. The molecule has 2 rings (SSSR count). The Bertz CT molecular complexity index is 504. The van der Waals surface area contributed by atoms with Gasteiger partial charge in [-0.3, -0.25) is 14.6 Å². The maximum atomic E-state index is 12.7. The quantitative estimate of drug-likeness (QED) is 0.861. The molecule has 1 saturated heterocycles. The van der Waals surface area contributed by atoms with Crippen LogP contribution < -0.4 is 0 Å². The molecule has 1 amide bonds. The smallest absolute Gasteiger partial charge is 0.255 e. The standard InChI is InChI=1S/C15H19ClN2O2/c1-11(19)9-12-5-3-2-4-8-18(12)15(20)13-6-7-17-10-14(13)16/h6-7,10,12H,2-5,8-9H2,1H3. The van der Waals surface area contributed by atoms with Gasteiger partial charge in [-0.25, -0.2) is 0 Å². The first-order chi connectivity index (χ1) is 9.59. The lowest BCUT2D eigenvalue weighted by molar-refractivity contribution is -0.118. The molecule has 4 nitrogen and oxygen atoms in total. The summed E-state index contributed by atoms with van der Waals surface area (Å²) >= 11 is 6.06. The molecule has 0 radical (unpaired) electrons. The topological polar surface area (TPSA) is 50.3 Å². The number of aromatic nitrogens is 1. The van der Waals surface area contributed by atoms with Crippen LogP contribution in [0, 0.1) is 0 Å². The average molecular weight is 295 g/mol. The Morgan fingerprint density at radius 1 is 1.40 bits per heavy atom. The van der Waals surface area contributed by atoms with E-state index in [-0.39, 0.29) is 17.7 Å². The number of hydrogen-bond donors (Lipinski definition) is 0. The van der Waals surface area contributed by atoms with Crippen molar-refractivity contribution < 1.29 is 9.59 Å². The second-order valence-corrected chi connectivity index (χ2v) is 5.67. The van der Waals surface area contributed by atoms with Crippen LogP contribution in [0.25, 0.3) is 0 Å². The molecular weight excluding hydrogens is 276 g/mol. The molecule has 20 heavy (non-hydrogen) atoms. The van der Waals surface area contributed by atoms with Crippen LogP contribution >= 0.6 is 11.6 Å². The molecule has 0 N–H and O–H groups in total. The first kappa shape index (κ1) is 15.0. The molecule has 0 aliphatic carbocycles. The zero-order valence-electron chi connectivity index (χ0n) is 11.6. The van der Waals surface area contributed by atoms with Gasteiger partial charge >= 0.3 is 0 Å². The summed E-state index contributed by atoms with van der Waals surface area (Å²) in [5.74, 6) is 0.0288. The summed E-state index contributed by atoms with van der Waals surface area (Å²) in [6, 6.07) is 1.63. The van der Waals surface area contributed by atoms with E-state index >= 15 is 0 Å². The number of carbonyl (C=O) groups is 2. The second kappa shape index (κ2) is 6.84. The van der Waals surface area contributed by atoms with Crippen LogP contribution in [0.15, 0.2) is 18.5 Å². The number of nitrogens with zero attached hydrogens (tertiary/aromatic N) is 2. The Kier molecular flexibility index (Phi) is 5.12. The fourth-order valence-electron chi connectivity index (χ4n) is 2.69. The van der Waals surface area contributed by atoms with Crippen LogP contribution in [0.4, 0.5) is 0 Å². The maximum absolute atomic E-state index is 12.7. The monoisotopic (exact) mass is 294 g/mol. The van der Waals surface area contributed by atoms with Gasteiger partial charge in [0, 0.05) is 31.4 Å². The lowest BCUT2D eigenvalue weighted by Gasteiger charge is -2.29. The van der Waals surface area contributed by atoms with Crippen molar-refractivity contribution in [1.29, 1.82) is 0 Å². The zero-order valence-corrected chi connectivity index (χ0v) is 12.4. The van der Waals surface area contributed by atoms with Crippen LogP contribution in [0.5, 0.6) is 0 Å². The third-order valence-corrected chi connectivity index (χ3v) is 3.97. The Morgan fingerprint density at radius 2 is 2.20 bits per heavy atom. The number of rotatable bonds is 3. The van der Waals surface area contributed by atoms with E-state index in [4.69, 9.17) is 11.6 Å². The van der Waals surface area contributed by atoms with Gasteiger partial charge in [0.25, 0.3) is 5.91 Å². The molecular formula is C15H19ClN2O2. The SMILES string of the molecule is CC(=O)CC1CCCCCN1C(=O)c1ccncc1Cl. The van der Waals surface area contributed by atoms with Gasteiger partial charge in [-0.1, -0.05) is 24.4 Å². The fourth-order valence-corrected chi connectivity index (χ4v) is 2.89. The number of pyridine rings is 1. The summed E-state index contributed by atoms with van der Waals surface area (Å²) in [5, 5.41) is 0.364. The molecule has 1 fully saturated rings. The molecule has 1 atom stereocenters. The molecule has 0 saturated carbocycles. The Balaban J connectivity index is 2.24. The molecule has 2 heterocycles. The molecule has 1 aromatic heterocycles. The average Bonchev–Trinajstić information content (AvgIpc) is 2.63. The summed E-state index contributed by atoms with van der Waals surface area (Å²) in [4.78, 5) is 29.8. The highest BCUT2D eigenvalue weighted by molar-refractivity contribution is 6.33. The van der Waals surface area contributed by atoms with Gasteiger partial charge in [0.15, 0.2) is 0 Å². The number of halogens is 1. The Labute approximate surface area is 124 Å². The normalized spacial score (nSPS) is 19.5. The van der Waals surface area contributed by atoms with Gasteiger partial charge in [0.2, 0.25) is 0 Å². The lowest BCUT2D eigenvalue weighted by atomic mass is 10.0. The number of ketones is 1. The summed E-state index contributed by atoms with van der Waals surface area (Å²) < 4.78 is 0. The summed E-state index contributed by atoms with van der Waals surface area (Å²) in [5.41, 5.74) is 0.470. The minimum atomic E-state index is -0.0921. The first-order valence-corrected chi connectivity index (χ1v) is 7.37. The minimum absolute atomic E-state index is 0.00766. The van der Waals surface area contributed by atoms with Crippen molar-refractivity contribution in [3.05, 3.63) is 29.0 Å². The van der Waals surface area contributed by atoms with Gasteiger partial charge in [0.1, 0.15) is 5.78 Å². The summed E-state index contributed by atoms with van der Waals surface area (Å²) in [6.07, 6.45) is 7.49. The van der Waals surface area contributed by atoms with E-state index in [0.29, 0.717) is 23.6 Å². The third-order valence-electron chi connectivity index (χ3n) is 3.66. The van der Waals surface area contributed by atoms with Gasteiger partial charge in [-0.2, -0.15) is 0 Å². The fraction of sp³-hybridized carbons (Fsp3) is 0.533. The van der Waals surface area contributed by atoms with Crippen LogP contribution in [-0.2, 0) is 4.79 Å². The van der Waals surface area contributed by atoms with Crippen molar-refractivity contribution >= 4 is 23.3 Å². The molecule has 108 valence electrons. The number of Topliss-reactive ketones (excluding diaryl/α,β-unsaturated/α-hetero) is 1. The molecule has 5 heteroatoms. The van der Waals surface area contributed by atoms with E-state index in [1.807, 2.05) is 4.90 Å². The van der Waals surface area contributed by atoms with Crippen LogP contribution in [0.1, 0.15) is 49.4 Å². The van der Waals surface area contributed by atoms with Gasteiger partial charge in [-0.05, 0) is 25.8 Å². The third kappa shape index (κ3) is 3.57. The van der Waals surface area contributed by atoms with E-state index in [1.165, 1.54) is 6.20 Å². The van der Waals surface area contributed by atoms with Crippen molar-refractivity contribution in [2.45, 2.75) is 45.1 Å². The molecule has 0 bridgehead atoms. The largest absolute Gasteiger partial charge is 0.335 e. The lowest BCUT2D eigenvalue weighted by Crippen LogP contribution is -2.41. The Hall–Kier alpha value is -1.42. The van der Waals surface area contributed by atoms with Crippen LogP contribution in [0.3, 0.4) is 0 Å². The molecule has 1 aliphatic heterocycles. The van der Waals surface area contributed by atoms with Crippen molar-refractivity contribution in [1.82, 2.24) is 9.88 Å². The predicted octanol–water partition coefficient (Wildman–Crippen LogP) is 3.10. The van der Waals surface area contributed by atoms with E-state index in [2.05, 4.69) is 4.98 Å². The number of likely N-dealkylation sites (tertiary alicyclic amines) is 1. The molecule has 0 spiro atoms. The van der Waals surface area contributed by atoms with Crippen LogP contribution in [-0.4, -0.2) is 34.2 Å². The van der Waals surface area contributed by atoms with Crippen molar-refractivity contribution in [3.8, 4) is 0 Å². The first-order valence-electron chi connectivity index (χ1n) is 6.99. The van der Waals surface area contributed by atoms with Gasteiger partial charge < -0.3 is 4.90 Å². The molecule has 1 unspecified atom stereocenters. The highest BCUT2D eigenvalue weighted by atomic mass is 35.5. The van der Waals surface area contributed by atoms with Crippen molar-refractivity contribution in [2.75, 3.05) is 6.54 Å². The molecule has 0 aromatic carbocycles. The maximum Gasteiger partial charge on any atom is 0.255 e. The minimum Gasteiger partial charge on any atom is -0.335 e. The van der Waals surface area contributed by atoms with E-state index < -0.39 is 0 Å². The second-order valence-electron chi connectivity index (χ2n) is 5.26. The molecule has 1 aliphatic rings. The van der Waals surface area contributed by atoms with Gasteiger partial charge in [-0.15, -0.1) is 0 Å². The van der Waals surface area contributed by atoms with Crippen molar-refractivity contribution in [3.63, 3.8) is 0 Å². The summed E-state index contributed by atoms with van der Waals surface area (Å²) in [6.45, 7) is 2.27. The highest BCUT2D eigenvalue weighted by Crippen LogP contribution is 2.24. The van der Waals surface area contributed by atoms with Crippen molar-refractivity contribution in [2.24, 2.45) is 0 Å². The number of carbonyl (C=O) groups excluding carboxylic acids is 2. The predicted molar refractivity (Wildman–Crippen MR) is 77.8 cm³/mol. The van der Waals surface area contributed by atoms with E-state index in [9.17, 15) is 9.59 Å². The molecule has 1 aromatic rings. The van der Waals surface area contributed by atoms with E-state index in [1.54, 1.807) is 19.2 Å².